The number of rotatable bonds is 5. The zero-order valence-electron chi connectivity index (χ0n) is 20.0. The molecule has 1 saturated heterocycles. The van der Waals surface area contributed by atoms with Crippen LogP contribution in [-0.2, 0) is 16.0 Å². The Labute approximate surface area is 215 Å². The minimum atomic E-state index is -4.66. The highest BCUT2D eigenvalue weighted by Gasteiger charge is 2.37. The van der Waals surface area contributed by atoms with Gasteiger partial charge in [-0.15, -0.1) is 0 Å². The maximum atomic E-state index is 13.3. The molecule has 0 spiro atoms. The predicted octanol–water partition coefficient (Wildman–Crippen LogP) is 3.32. The monoisotopic (exact) mass is 546 g/mol. The Bertz CT molecular complexity index is 1600. The highest BCUT2D eigenvalue weighted by molar-refractivity contribution is 7.90. The number of carbonyl (C=O) groups is 1. The highest BCUT2D eigenvalue weighted by atomic mass is 32.2. The van der Waals surface area contributed by atoms with Crippen molar-refractivity contribution in [2.75, 3.05) is 19.3 Å². The Morgan fingerprint density at radius 1 is 1.05 bits per heavy atom. The van der Waals surface area contributed by atoms with Gasteiger partial charge in [-0.05, 0) is 30.3 Å². The van der Waals surface area contributed by atoms with Crippen LogP contribution in [-0.4, -0.2) is 69.4 Å². The van der Waals surface area contributed by atoms with Crippen LogP contribution in [0.5, 0.6) is 5.88 Å². The maximum absolute atomic E-state index is 13.3. The molecule has 0 saturated carbocycles. The van der Waals surface area contributed by atoms with Crippen LogP contribution in [0.3, 0.4) is 0 Å². The quantitative estimate of drug-likeness (QED) is 0.374. The van der Waals surface area contributed by atoms with Crippen molar-refractivity contribution in [2.45, 2.75) is 30.0 Å². The van der Waals surface area contributed by atoms with Gasteiger partial charge in [-0.25, -0.2) is 23.1 Å². The zero-order valence-corrected chi connectivity index (χ0v) is 20.8. The highest BCUT2D eigenvalue weighted by Crippen LogP contribution is 2.33. The van der Waals surface area contributed by atoms with Gasteiger partial charge in [-0.1, -0.05) is 0 Å². The number of pyridine rings is 1. The summed E-state index contributed by atoms with van der Waals surface area (Å²) in [5, 5.41) is 4.87. The smallest absolute Gasteiger partial charge is 0.417 e. The number of likely N-dealkylation sites (tertiary alicyclic amines) is 1. The Balaban J connectivity index is 1.29. The maximum Gasteiger partial charge on any atom is 0.417 e. The number of piperidine rings is 1. The van der Waals surface area contributed by atoms with Crippen molar-refractivity contribution < 1.29 is 31.1 Å². The van der Waals surface area contributed by atoms with Gasteiger partial charge < -0.3 is 9.64 Å². The van der Waals surface area contributed by atoms with Crippen molar-refractivity contribution in [1.82, 2.24) is 29.6 Å². The number of hydrogen-bond donors (Lipinski definition) is 0. The van der Waals surface area contributed by atoms with Gasteiger partial charge in [0.1, 0.15) is 17.8 Å². The molecule has 0 bridgehead atoms. The summed E-state index contributed by atoms with van der Waals surface area (Å²) in [6.07, 6.45) is 1.72. The Hall–Kier alpha value is -4.07. The lowest BCUT2D eigenvalue weighted by atomic mass is 10.0. The van der Waals surface area contributed by atoms with E-state index in [2.05, 4.69) is 20.1 Å². The Kier molecular flexibility index (Phi) is 6.51. The lowest BCUT2D eigenvalue weighted by Gasteiger charge is -2.32. The van der Waals surface area contributed by atoms with Gasteiger partial charge in [0.25, 0.3) is 5.91 Å². The zero-order chi connectivity index (χ0) is 27.1. The van der Waals surface area contributed by atoms with Crippen LogP contribution in [0, 0.1) is 0 Å². The van der Waals surface area contributed by atoms with E-state index in [1.54, 1.807) is 12.1 Å². The van der Waals surface area contributed by atoms with Crippen LogP contribution in [0.2, 0.25) is 0 Å². The second kappa shape index (κ2) is 9.67. The van der Waals surface area contributed by atoms with Crippen molar-refractivity contribution in [3.63, 3.8) is 0 Å². The van der Waals surface area contributed by atoms with Crippen molar-refractivity contribution >= 4 is 26.8 Å². The second-order valence-corrected chi connectivity index (χ2v) is 10.8. The molecule has 1 fully saturated rings. The molecule has 0 unspecified atom stereocenters. The standard InChI is InChI=1S/C24H21F3N6O4S/c1-38(35,36)17-4-2-15(3-5-17)33-21-19(13-31-33)22(30-14-29-21)37-16-7-10-32(11-8-16)23(34)18-12-28-9-6-20(18)24(25,26)27/h2-6,9,12-14,16H,7-8,10-11H2,1H3. The summed E-state index contributed by atoms with van der Waals surface area (Å²) in [6.45, 7) is 0.408. The van der Waals surface area contributed by atoms with Gasteiger partial charge in [0.05, 0.1) is 27.9 Å². The molecule has 0 aliphatic carbocycles. The molecule has 3 aromatic heterocycles. The van der Waals surface area contributed by atoms with E-state index in [9.17, 15) is 26.4 Å². The van der Waals surface area contributed by atoms with E-state index in [0.717, 1.165) is 24.7 Å². The number of halogens is 3. The average molecular weight is 547 g/mol. The molecule has 10 nitrogen and oxygen atoms in total. The molecular formula is C24H21F3N6O4S. The second-order valence-electron chi connectivity index (χ2n) is 8.77. The van der Waals surface area contributed by atoms with E-state index in [1.165, 1.54) is 34.2 Å². The van der Waals surface area contributed by atoms with E-state index in [1.807, 2.05) is 0 Å². The van der Waals surface area contributed by atoms with E-state index in [0.29, 0.717) is 29.6 Å². The molecule has 198 valence electrons. The predicted molar refractivity (Wildman–Crippen MR) is 129 cm³/mol. The fraction of sp³-hybridized carbons (Fsp3) is 0.292. The van der Waals surface area contributed by atoms with Crippen molar-refractivity contribution in [3.8, 4) is 11.6 Å². The minimum absolute atomic E-state index is 0.180. The third-order valence-electron chi connectivity index (χ3n) is 6.20. The number of aromatic nitrogens is 5. The summed E-state index contributed by atoms with van der Waals surface area (Å²) in [4.78, 5) is 26.5. The Morgan fingerprint density at radius 3 is 2.42 bits per heavy atom. The number of alkyl halides is 3. The molecule has 5 rings (SSSR count). The molecule has 1 aliphatic rings. The third kappa shape index (κ3) is 5.03. The minimum Gasteiger partial charge on any atom is -0.474 e. The first-order chi connectivity index (χ1) is 18.0. The fourth-order valence-electron chi connectivity index (χ4n) is 4.26. The lowest BCUT2D eigenvalue weighted by molar-refractivity contribution is -0.138. The molecule has 0 N–H and O–H groups in total. The van der Waals surface area contributed by atoms with Gasteiger partial charge >= 0.3 is 6.18 Å². The van der Waals surface area contributed by atoms with E-state index >= 15 is 0 Å². The Morgan fingerprint density at radius 2 is 1.76 bits per heavy atom. The summed E-state index contributed by atoms with van der Waals surface area (Å²) < 4.78 is 71.0. The van der Waals surface area contributed by atoms with Crippen molar-refractivity contribution in [1.29, 1.82) is 0 Å². The molecule has 4 aromatic rings. The fourth-order valence-corrected chi connectivity index (χ4v) is 4.89. The van der Waals surface area contributed by atoms with Crippen LogP contribution >= 0.6 is 0 Å². The van der Waals surface area contributed by atoms with Crippen molar-refractivity contribution in [2.24, 2.45) is 0 Å². The lowest BCUT2D eigenvalue weighted by Crippen LogP contribution is -2.42. The summed E-state index contributed by atoms with van der Waals surface area (Å²) in [7, 11) is -3.34. The summed E-state index contributed by atoms with van der Waals surface area (Å²) in [5.74, 6) is -0.443. The molecule has 14 heteroatoms. The van der Waals surface area contributed by atoms with Gasteiger partial charge in [0, 0.05) is 44.6 Å². The van der Waals surface area contributed by atoms with E-state index in [-0.39, 0.29) is 30.0 Å². The number of hydrogen-bond acceptors (Lipinski definition) is 8. The summed E-state index contributed by atoms with van der Waals surface area (Å²) >= 11 is 0. The topological polar surface area (TPSA) is 120 Å². The molecule has 1 aliphatic heterocycles. The number of ether oxygens (including phenoxy) is 1. The molecule has 38 heavy (non-hydrogen) atoms. The molecular weight excluding hydrogens is 525 g/mol. The van der Waals surface area contributed by atoms with Gasteiger partial charge in [0.2, 0.25) is 5.88 Å². The molecule has 1 aromatic carbocycles. The molecule has 0 radical (unpaired) electrons. The first-order valence-electron chi connectivity index (χ1n) is 11.5. The number of carbonyl (C=O) groups excluding carboxylic acids is 1. The van der Waals surface area contributed by atoms with Crippen LogP contribution in [0.1, 0.15) is 28.8 Å². The number of nitrogens with zero attached hydrogens (tertiary/aromatic N) is 6. The van der Waals surface area contributed by atoms with Crippen LogP contribution in [0.25, 0.3) is 16.7 Å². The molecule has 1 amide bonds. The first kappa shape index (κ1) is 25.6. The third-order valence-corrected chi connectivity index (χ3v) is 7.33. The number of sulfone groups is 1. The van der Waals surface area contributed by atoms with Crippen LogP contribution in [0.15, 0.2) is 60.1 Å². The number of amides is 1. The van der Waals surface area contributed by atoms with Crippen LogP contribution in [0.4, 0.5) is 13.2 Å². The largest absolute Gasteiger partial charge is 0.474 e. The summed E-state index contributed by atoms with van der Waals surface area (Å²) in [6, 6.07) is 6.99. The van der Waals surface area contributed by atoms with Crippen molar-refractivity contribution in [3.05, 3.63) is 66.4 Å². The van der Waals surface area contributed by atoms with E-state index in [4.69, 9.17) is 4.74 Å². The van der Waals surface area contributed by atoms with E-state index < -0.39 is 33.0 Å². The SMILES string of the molecule is CS(=O)(=O)c1ccc(-n2ncc3c(OC4CCN(C(=O)c5cnccc5C(F)(F)F)CC4)ncnc32)cc1. The van der Waals surface area contributed by atoms with Gasteiger partial charge in [-0.2, -0.15) is 18.3 Å². The molecule has 4 heterocycles. The molecule has 0 atom stereocenters. The number of benzene rings is 1. The van der Waals surface area contributed by atoms with Crippen LogP contribution < -0.4 is 4.74 Å². The number of fused-ring (bicyclic) bond motifs is 1. The normalized spacial score (nSPS) is 15.1. The summed E-state index contributed by atoms with van der Waals surface area (Å²) in [5.41, 5.74) is -0.445. The van der Waals surface area contributed by atoms with Gasteiger partial charge in [0.15, 0.2) is 15.5 Å². The van der Waals surface area contributed by atoms with Gasteiger partial charge in [-0.3, -0.25) is 9.78 Å². The average Bonchev–Trinajstić information content (AvgIpc) is 3.33. The first-order valence-corrected chi connectivity index (χ1v) is 13.4.